The van der Waals surface area contributed by atoms with Crippen LogP contribution in [0.3, 0.4) is 0 Å². The van der Waals surface area contributed by atoms with Gasteiger partial charge >= 0.3 is 5.97 Å². The molecule has 0 spiro atoms. The highest BCUT2D eigenvalue weighted by Crippen LogP contribution is 2.40. The molecule has 0 saturated carbocycles. The Kier molecular flexibility index (Phi) is 9.30. The summed E-state index contributed by atoms with van der Waals surface area (Å²) in [6.07, 6.45) is 0.800. The molecule has 0 aliphatic carbocycles. The summed E-state index contributed by atoms with van der Waals surface area (Å²) in [5.41, 5.74) is 1.94. The van der Waals surface area contributed by atoms with Crippen molar-refractivity contribution in [3.63, 3.8) is 0 Å². The molecule has 2 amide bonds. The molecule has 1 heterocycles. The van der Waals surface area contributed by atoms with Gasteiger partial charge in [-0.1, -0.05) is 47.5 Å². The number of amides is 2. The zero-order valence-electron chi connectivity index (χ0n) is 20.2. The number of aliphatic carboxylic acids is 1. The quantitative estimate of drug-likeness (QED) is 0.212. The van der Waals surface area contributed by atoms with Gasteiger partial charge in [-0.3, -0.25) is 14.4 Å². The van der Waals surface area contributed by atoms with Crippen LogP contribution in [-0.4, -0.2) is 46.0 Å². The molecule has 0 fully saturated rings. The molecule has 1 aliphatic rings. The van der Waals surface area contributed by atoms with Gasteiger partial charge in [-0.25, -0.2) is 0 Å². The number of hydrogen-bond donors (Lipinski definition) is 2. The van der Waals surface area contributed by atoms with Crippen molar-refractivity contribution in [3.8, 4) is 0 Å². The molecule has 0 saturated heterocycles. The summed E-state index contributed by atoms with van der Waals surface area (Å²) in [6, 6.07) is 16.9. The number of carboxylic acid groups (broad SMARTS) is 1. The van der Waals surface area contributed by atoms with Gasteiger partial charge in [0.2, 0.25) is 0 Å². The van der Waals surface area contributed by atoms with Gasteiger partial charge in [0, 0.05) is 26.6 Å². The Morgan fingerprint density at radius 3 is 2.18 bits per heavy atom. The van der Waals surface area contributed by atoms with Crippen LogP contribution in [0, 0.1) is 3.57 Å². The average Bonchev–Trinajstić information content (AvgIpc) is 2.97. The first-order chi connectivity index (χ1) is 18.2. The lowest BCUT2D eigenvalue weighted by Gasteiger charge is -2.36. The number of hydrogen-bond acceptors (Lipinski definition) is 4. The average molecular weight is 667 g/mol. The zero-order valence-corrected chi connectivity index (χ0v) is 23.9. The maximum atomic E-state index is 14.3. The minimum Gasteiger partial charge on any atom is -0.481 e. The Bertz CT molecular complexity index is 1330. The van der Waals surface area contributed by atoms with E-state index in [0.717, 1.165) is 3.57 Å². The van der Waals surface area contributed by atoms with E-state index in [9.17, 15) is 19.5 Å². The highest BCUT2D eigenvalue weighted by atomic mass is 127. The molecule has 2 atom stereocenters. The maximum absolute atomic E-state index is 14.3. The number of carbonyl (C=O) groups is 3. The second kappa shape index (κ2) is 12.5. The fourth-order valence-corrected chi connectivity index (χ4v) is 5.39. The molecule has 3 aromatic rings. The lowest BCUT2D eigenvalue weighted by molar-refractivity contribution is -0.137. The van der Waals surface area contributed by atoms with Crippen molar-refractivity contribution in [2.45, 2.75) is 31.3 Å². The van der Waals surface area contributed by atoms with Gasteiger partial charge < -0.3 is 20.0 Å². The van der Waals surface area contributed by atoms with Crippen LogP contribution in [0.4, 0.5) is 5.69 Å². The summed E-state index contributed by atoms with van der Waals surface area (Å²) >= 11 is 14.3. The van der Waals surface area contributed by atoms with Crippen LogP contribution < -0.4 is 4.90 Å². The molecular formula is C28H25Cl2IN2O5. The van der Waals surface area contributed by atoms with E-state index in [1.807, 2.05) is 6.07 Å². The van der Waals surface area contributed by atoms with Gasteiger partial charge in [-0.15, -0.1) is 0 Å². The highest BCUT2D eigenvalue weighted by molar-refractivity contribution is 14.1. The van der Waals surface area contributed by atoms with Gasteiger partial charge in [-0.05, 0) is 89.0 Å². The first-order valence-corrected chi connectivity index (χ1v) is 13.8. The summed E-state index contributed by atoms with van der Waals surface area (Å²) in [5.74, 6) is -1.67. The first kappa shape index (κ1) is 28.4. The van der Waals surface area contributed by atoms with E-state index in [0.29, 0.717) is 45.3 Å². The van der Waals surface area contributed by atoms with E-state index in [1.165, 1.54) is 4.90 Å². The summed E-state index contributed by atoms with van der Waals surface area (Å²) in [7, 11) is 0. The largest absolute Gasteiger partial charge is 0.481 e. The van der Waals surface area contributed by atoms with E-state index >= 15 is 0 Å². The van der Waals surface area contributed by atoms with Crippen molar-refractivity contribution >= 4 is 69.3 Å². The van der Waals surface area contributed by atoms with Crippen molar-refractivity contribution < 1.29 is 24.6 Å². The number of carbonyl (C=O) groups excluding carboxylic acids is 2. The fraction of sp³-hybridized carbons (Fsp3) is 0.250. The van der Waals surface area contributed by atoms with E-state index in [1.54, 1.807) is 65.6 Å². The molecule has 7 nitrogen and oxygen atoms in total. The van der Waals surface area contributed by atoms with Crippen molar-refractivity contribution in [2.24, 2.45) is 0 Å². The van der Waals surface area contributed by atoms with Crippen molar-refractivity contribution in [2.75, 3.05) is 18.1 Å². The molecule has 3 aromatic carbocycles. The number of anilines is 1. The highest BCUT2D eigenvalue weighted by Gasteiger charge is 2.43. The molecule has 38 heavy (non-hydrogen) atoms. The van der Waals surface area contributed by atoms with E-state index in [2.05, 4.69) is 22.6 Å². The normalized spacial score (nSPS) is 16.3. The fourth-order valence-electron chi connectivity index (χ4n) is 4.64. The van der Waals surface area contributed by atoms with Crippen LogP contribution >= 0.6 is 45.8 Å². The zero-order chi connectivity index (χ0) is 27.4. The summed E-state index contributed by atoms with van der Waals surface area (Å²) in [6.45, 7) is -0.196. The SMILES string of the molecule is O=C(O)CCCCN1C(=O)[C@@H](c2ccc(Cl)cc2)N(C(CO)c2ccc(Cl)cc2)C(=O)c2cc(I)ccc21. The first-order valence-electron chi connectivity index (χ1n) is 12.0. The number of nitrogens with zero attached hydrogens (tertiary/aromatic N) is 2. The summed E-state index contributed by atoms with van der Waals surface area (Å²) in [5, 5.41) is 20.6. The Labute approximate surface area is 244 Å². The molecule has 0 aromatic heterocycles. The number of carboxylic acids is 1. The van der Waals surface area contributed by atoms with Crippen molar-refractivity contribution in [3.05, 3.63) is 97.0 Å². The standard InChI is InChI=1S/C28H25Cl2IN2O5/c29-19-8-4-17(5-9-19)24(16-34)33-26(18-6-10-20(30)11-7-18)28(38)32(14-2-1-3-25(35)36)23-13-12-21(31)15-22(23)27(33)37/h4-13,15,24,26,34H,1-3,14,16H2,(H,35,36)/t24?,26-/m1/s1. The number of aliphatic hydroxyl groups excluding tert-OH is 1. The molecule has 1 unspecified atom stereocenters. The molecule has 0 bridgehead atoms. The second-order valence-electron chi connectivity index (χ2n) is 8.92. The molecule has 198 valence electrons. The molecular weight excluding hydrogens is 642 g/mol. The minimum atomic E-state index is -1.07. The Morgan fingerprint density at radius 2 is 1.58 bits per heavy atom. The van der Waals surface area contributed by atoms with Crippen LogP contribution in [-0.2, 0) is 9.59 Å². The van der Waals surface area contributed by atoms with E-state index in [-0.39, 0.29) is 18.9 Å². The monoisotopic (exact) mass is 666 g/mol. The van der Waals surface area contributed by atoms with Crippen molar-refractivity contribution in [1.82, 2.24) is 4.90 Å². The van der Waals surface area contributed by atoms with Crippen LogP contribution in [0.2, 0.25) is 10.0 Å². The van der Waals surface area contributed by atoms with Gasteiger partial charge in [0.25, 0.3) is 11.8 Å². The maximum Gasteiger partial charge on any atom is 0.303 e. The lowest BCUT2D eigenvalue weighted by Crippen LogP contribution is -2.45. The number of unbranched alkanes of at least 4 members (excludes halogenated alkanes) is 1. The molecule has 10 heteroatoms. The van der Waals surface area contributed by atoms with Crippen LogP contribution in [0.5, 0.6) is 0 Å². The third kappa shape index (κ3) is 6.14. The smallest absolute Gasteiger partial charge is 0.303 e. The predicted octanol–water partition coefficient (Wildman–Crippen LogP) is 6.12. The van der Waals surface area contributed by atoms with Crippen LogP contribution in [0.25, 0.3) is 0 Å². The van der Waals surface area contributed by atoms with Crippen molar-refractivity contribution in [1.29, 1.82) is 0 Å². The van der Waals surface area contributed by atoms with Crippen LogP contribution in [0.1, 0.15) is 52.8 Å². The third-order valence-corrected chi connectivity index (χ3v) is 7.64. The summed E-state index contributed by atoms with van der Waals surface area (Å²) in [4.78, 5) is 42.7. The number of fused-ring (bicyclic) bond motifs is 1. The molecule has 1 aliphatic heterocycles. The molecule has 0 radical (unpaired) electrons. The van der Waals surface area contributed by atoms with Gasteiger partial charge in [0.05, 0.1) is 23.9 Å². The molecule has 4 rings (SSSR count). The van der Waals surface area contributed by atoms with E-state index in [4.69, 9.17) is 28.3 Å². The number of aliphatic hydroxyl groups is 1. The minimum absolute atomic E-state index is 0.0175. The number of halogens is 3. The Hall–Kier alpha value is -2.66. The topological polar surface area (TPSA) is 98.2 Å². The second-order valence-corrected chi connectivity index (χ2v) is 11.0. The molecule has 2 N–H and O–H groups in total. The van der Waals surface area contributed by atoms with Gasteiger partial charge in [0.15, 0.2) is 0 Å². The summed E-state index contributed by atoms with van der Waals surface area (Å²) < 4.78 is 0.810. The number of benzene rings is 3. The van der Waals surface area contributed by atoms with Crippen LogP contribution in [0.15, 0.2) is 66.7 Å². The third-order valence-electron chi connectivity index (χ3n) is 6.46. The van der Waals surface area contributed by atoms with Gasteiger partial charge in [0.1, 0.15) is 6.04 Å². The lowest BCUT2D eigenvalue weighted by atomic mass is 9.98. The number of rotatable bonds is 9. The Morgan fingerprint density at radius 1 is 0.947 bits per heavy atom. The van der Waals surface area contributed by atoms with Gasteiger partial charge in [-0.2, -0.15) is 0 Å². The Balaban J connectivity index is 1.88. The van der Waals surface area contributed by atoms with E-state index < -0.39 is 30.6 Å². The predicted molar refractivity (Wildman–Crippen MR) is 155 cm³/mol.